The minimum absolute atomic E-state index is 0.0590. The number of hydrogen-bond donors (Lipinski definition) is 0. The Balaban J connectivity index is 2.03. The van der Waals surface area contributed by atoms with E-state index in [0.717, 1.165) is 53.3 Å². The van der Waals surface area contributed by atoms with Crippen molar-refractivity contribution < 1.29 is 0 Å². The molecule has 0 nitrogen and oxygen atoms in total. The van der Waals surface area contributed by atoms with Gasteiger partial charge in [0.15, 0.2) is 0 Å². The molecule has 49 heavy (non-hydrogen) atoms. The van der Waals surface area contributed by atoms with Gasteiger partial charge in [0, 0.05) is 0 Å². The maximum atomic E-state index is 2.87. The van der Waals surface area contributed by atoms with E-state index in [0.29, 0.717) is 11.3 Å². The molecular weight excluding hydrogens is 589 g/mol. The van der Waals surface area contributed by atoms with Gasteiger partial charge in [-0.3, -0.25) is 0 Å². The zero-order chi connectivity index (χ0) is 38.7. The maximum Gasteiger partial charge on any atom is -0.0158 e. The summed E-state index contributed by atoms with van der Waals surface area (Å²) in [5, 5.41) is 0. The topological polar surface area (TPSA) is 0 Å². The van der Waals surface area contributed by atoms with Gasteiger partial charge in [0.25, 0.3) is 0 Å². The molecule has 0 amide bonds. The first-order valence-electron chi connectivity index (χ1n) is 21.4. The molecule has 0 N–H and O–H groups in total. The summed E-state index contributed by atoms with van der Waals surface area (Å²) in [5.74, 6) is 7.80. The van der Waals surface area contributed by atoms with Gasteiger partial charge < -0.3 is 0 Å². The van der Waals surface area contributed by atoms with Crippen LogP contribution in [-0.2, 0) is 0 Å². The molecule has 4 aliphatic carbocycles. The molecule has 12 atom stereocenters. The molecule has 0 heteroatoms. The molecule has 0 saturated heterocycles. The Hall–Kier alpha value is 0. The lowest BCUT2D eigenvalue weighted by molar-refractivity contribution is -0.402. The van der Waals surface area contributed by atoms with Crippen LogP contribution in [0.15, 0.2) is 0 Å². The van der Waals surface area contributed by atoms with Gasteiger partial charge in [-0.15, -0.1) is 0 Å². The minimum Gasteiger partial charge on any atom is -0.0628 e. The summed E-state index contributed by atoms with van der Waals surface area (Å²) in [5.41, 5.74) is 1.98. The zero-order valence-corrected chi connectivity index (χ0v) is 38.7. The van der Waals surface area contributed by atoms with Gasteiger partial charge >= 0.3 is 0 Å². The van der Waals surface area contributed by atoms with Gasteiger partial charge in [-0.25, -0.2) is 0 Å². The fourth-order valence-electron chi connectivity index (χ4n) is 18.3. The Morgan fingerprint density at radius 2 is 0.980 bits per heavy atom. The normalized spacial score (nSPS) is 45.0. The predicted molar refractivity (Wildman–Crippen MR) is 218 cm³/mol. The van der Waals surface area contributed by atoms with Crippen LogP contribution < -0.4 is 0 Å². The highest BCUT2D eigenvalue weighted by Gasteiger charge is 2.89. The lowest BCUT2D eigenvalue weighted by Gasteiger charge is -2.87. The Bertz CT molecular complexity index is 1230. The van der Waals surface area contributed by atoms with E-state index in [1.54, 1.807) is 0 Å². The monoisotopic (exact) mass is 681 g/mol. The van der Waals surface area contributed by atoms with Crippen LogP contribution in [0.25, 0.3) is 0 Å². The van der Waals surface area contributed by atoms with Gasteiger partial charge in [0.1, 0.15) is 0 Å². The molecule has 0 aromatic carbocycles. The van der Waals surface area contributed by atoms with Crippen LogP contribution in [0.1, 0.15) is 193 Å². The fraction of sp³-hybridized carbons (Fsp3) is 1.00. The van der Waals surface area contributed by atoms with Crippen LogP contribution in [0.5, 0.6) is 0 Å². The average molecular weight is 681 g/mol. The second kappa shape index (κ2) is 11.0. The molecule has 4 aliphatic rings. The van der Waals surface area contributed by atoms with Gasteiger partial charge in [0.2, 0.25) is 0 Å². The van der Waals surface area contributed by atoms with Crippen molar-refractivity contribution in [2.75, 3.05) is 0 Å². The van der Waals surface area contributed by atoms with Crippen molar-refractivity contribution in [1.29, 1.82) is 0 Å². The molecular formula is C49H92. The average Bonchev–Trinajstić information content (AvgIpc) is 3.05. The fourth-order valence-corrected chi connectivity index (χ4v) is 18.3. The molecule has 0 aliphatic heterocycles. The summed E-state index contributed by atoms with van der Waals surface area (Å²) in [6, 6.07) is 0. The largest absolute Gasteiger partial charge is 0.0628 e. The van der Waals surface area contributed by atoms with Gasteiger partial charge in [-0.05, 0) is 132 Å². The third kappa shape index (κ3) is 4.51. The Kier molecular flexibility index (Phi) is 9.41. The maximum absolute atomic E-state index is 2.87. The summed E-state index contributed by atoms with van der Waals surface area (Å²) in [6.45, 7) is 69.5. The third-order valence-electron chi connectivity index (χ3n) is 21.5. The van der Waals surface area contributed by atoms with Crippen LogP contribution in [0.4, 0.5) is 0 Å². The molecule has 12 unspecified atom stereocenters. The Morgan fingerprint density at radius 1 is 0.531 bits per heavy atom. The van der Waals surface area contributed by atoms with Crippen LogP contribution in [0.3, 0.4) is 0 Å². The summed E-state index contributed by atoms with van der Waals surface area (Å²) in [6.07, 6.45) is 2.77. The van der Waals surface area contributed by atoms with Gasteiger partial charge in [0.05, 0.1) is 0 Å². The molecule has 0 spiro atoms. The van der Waals surface area contributed by atoms with E-state index in [4.69, 9.17) is 0 Å². The molecule has 4 saturated carbocycles. The van der Waals surface area contributed by atoms with Crippen molar-refractivity contribution in [2.45, 2.75) is 193 Å². The quantitative estimate of drug-likeness (QED) is 0.271. The summed E-state index contributed by atoms with van der Waals surface area (Å²) >= 11 is 0. The predicted octanol–water partition coefficient (Wildman–Crippen LogP) is 15.4. The Labute approximate surface area is 310 Å². The lowest BCUT2D eigenvalue weighted by Crippen LogP contribution is -2.83. The highest BCUT2D eigenvalue weighted by atomic mass is 14.9. The van der Waals surface area contributed by atoms with Crippen molar-refractivity contribution in [1.82, 2.24) is 0 Å². The summed E-state index contributed by atoms with van der Waals surface area (Å²) in [7, 11) is 0. The van der Waals surface area contributed by atoms with Crippen molar-refractivity contribution >= 4 is 0 Å². The lowest BCUT2D eigenvalue weighted by atomic mass is 9.17. The first-order chi connectivity index (χ1) is 21.4. The van der Waals surface area contributed by atoms with Crippen LogP contribution >= 0.6 is 0 Å². The molecule has 288 valence electrons. The molecule has 0 bridgehead atoms. The Morgan fingerprint density at radius 3 is 1.37 bits per heavy atom. The van der Waals surface area contributed by atoms with Crippen LogP contribution in [0.2, 0.25) is 0 Å². The van der Waals surface area contributed by atoms with E-state index in [1.807, 2.05) is 0 Å². The van der Waals surface area contributed by atoms with E-state index in [-0.39, 0.29) is 54.1 Å². The van der Waals surface area contributed by atoms with Crippen molar-refractivity contribution in [3.05, 3.63) is 0 Å². The molecule has 0 aromatic rings. The van der Waals surface area contributed by atoms with E-state index in [9.17, 15) is 0 Å². The molecule has 0 radical (unpaired) electrons. The van der Waals surface area contributed by atoms with Crippen LogP contribution in [0, 0.1) is 119 Å². The van der Waals surface area contributed by atoms with E-state index >= 15 is 0 Å². The second-order valence-electron chi connectivity index (χ2n) is 26.2. The molecule has 0 aromatic heterocycles. The van der Waals surface area contributed by atoms with E-state index in [1.165, 1.54) is 12.8 Å². The highest BCUT2D eigenvalue weighted by molar-refractivity contribution is 5.36. The molecule has 4 rings (SSSR count). The van der Waals surface area contributed by atoms with Crippen molar-refractivity contribution in [3.63, 3.8) is 0 Å². The van der Waals surface area contributed by atoms with E-state index in [2.05, 4.69) is 180 Å². The van der Waals surface area contributed by atoms with E-state index < -0.39 is 0 Å². The summed E-state index contributed by atoms with van der Waals surface area (Å²) in [4.78, 5) is 0. The first kappa shape index (κ1) is 41.8. The number of rotatable bonds is 5. The number of hydrogen-bond acceptors (Lipinski definition) is 0. The van der Waals surface area contributed by atoms with Gasteiger partial charge in [-0.2, -0.15) is 0 Å². The first-order valence-corrected chi connectivity index (χ1v) is 21.4. The molecule has 4 fully saturated rings. The molecule has 0 heterocycles. The van der Waals surface area contributed by atoms with Crippen LogP contribution in [-0.4, -0.2) is 0 Å². The van der Waals surface area contributed by atoms with Gasteiger partial charge in [-0.1, -0.05) is 180 Å². The highest BCUT2D eigenvalue weighted by Crippen LogP contribution is 2.94. The number of fused-ring (bicyclic) bond motifs is 6. The zero-order valence-electron chi connectivity index (χ0n) is 38.7. The standard InChI is InChI=1S/C49H92/c1-29(2)27-33-31(4)36-35(30(3)34(33)28-39(6,7)8)38-37-32(5)42(15,16)49(26,44(19,20)47(37,24)46(38,23)43(36,17)18)45(21,22)48(25,40(9,10)11)41(12,13)14/h29-38H,27-28H2,1-26H3. The summed E-state index contributed by atoms with van der Waals surface area (Å²) < 4.78 is 0. The second-order valence-corrected chi connectivity index (χ2v) is 26.2. The van der Waals surface area contributed by atoms with Crippen molar-refractivity contribution in [2.24, 2.45) is 119 Å². The third-order valence-corrected chi connectivity index (χ3v) is 21.5. The smallest absolute Gasteiger partial charge is 0.0158 e. The minimum atomic E-state index is 0.0590. The SMILES string of the molecule is CC(C)CC1C(C)C2C(C(C)C1CC(C)(C)C)C1C3C(C)C(C)(C)C(C)(C(C)(C)C(C)(C(C)(C)C)C(C)(C)C)C(C)(C)C3(C)C1(C)C2(C)C. The van der Waals surface area contributed by atoms with Crippen molar-refractivity contribution in [3.8, 4) is 0 Å².